The number of aliphatic hydroxyl groups is 2. The molecular formula is C19H47N3O2. The molecule has 0 amide bonds. The van der Waals surface area contributed by atoms with Crippen LogP contribution in [0.2, 0.25) is 0 Å². The topological polar surface area (TPSA) is 105 Å². The van der Waals surface area contributed by atoms with Crippen molar-refractivity contribution in [2.45, 2.75) is 80.9 Å². The van der Waals surface area contributed by atoms with Gasteiger partial charge in [0.1, 0.15) is 0 Å². The molecule has 150 valence electrons. The van der Waals surface area contributed by atoms with Gasteiger partial charge in [-0.25, -0.2) is 0 Å². The molecule has 5 heteroatoms. The van der Waals surface area contributed by atoms with Gasteiger partial charge in [-0.2, -0.15) is 0 Å². The lowest BCUT2D eigenvalue weighted by molar-refractivity contribution is 0.0648. The van der Waals surface area contributed by atoms with Crippen molar-refractivity contribution in [3.05, 3.63) is 0 Å². The Hall–Kier alpha value is -0.200. The molecule has 0 radical (unpaired) electrons. The van der Waals surface area contributed by atoms with Gasteiger partial charge in [0.2, 0.25) is 0 Å². The first-order valence-electron chi connectivity index (χ1n) is 8.93. The fraction of sp³-hybridized carbons (Fsp3) is 1.00. The van der Waals surface area contributed by atoms with Gasteiger partial charge in [-0.05, 0) is 36.3 Å². The molecule has 0 spiro atoms. The fourth-order valence-electron chi connectivity index (χ4n) is 1.29. The monoisotopic (exact) mass is 349 g/mol. The molecule has 2 unspecified atom stereocenters. The van der Waals surface area contributed by atoms with E-state index in [1.165, 1.54) is 0 Å². The highest BCUT2D eigenvalue weighted by Gasteiger charge is 2.20. The molecule has 0 aromatic carbocycles. The van der Waals surface area contributed by atoms with Crippen LogP contribution >= 0.6 is 0 Å². The normalized spacial score (nSPS) is 14.8. The number of hydrogen-bond acceptors (Lipinski definition) is 5. The summed E-state index contributed by atoms with van der Waals surface area (Å²) in [6, 6.07) is 0. The third kappa shape index (κ3) is 21.8. The minimum absolute atomic E-state index is 0.00299. The highest BCUT2D eigenvalue weighted by Crippen LogP contribution is 2.18. The van der Waals surface area contributed by atoms with E-state index in [1.54, 1.807) is 0 Å². The number of nitrogens with two attached hydrogens (primary N) is 2. The average Bonchev–Trinajstić information content (AvgIpc) is 2.36. The maximum Gasteiger partial charge on any atom is 0.0712 e. The Balaban J connectivity index is -0.000000278. The SMILES string of the molecule is CC(C)(C)C(O)CN.CC(C)(C)CCN.CNCC(O)C(C)(C)C. The summed E-state index contributed by atoms with van der Waals surface area (Å²) in [4.78, 5) is 0. The molecule has 0 saturated carbocycles. The van der Waals surface area contributed by atoms with E-state index in [4.69, 9.17) is 16.6 Å². The first kappa shape index (κ1) is 28.6. The summed E-state index contributed by atoms with van der Waals surface area (Å²) in [6.45, 7) is 20.4. The standard InChI is InChI=1S/C7H17NO.C6H15NO.C6H15N/c1-7(2,3)6(9)5-8-4;1-6(2,3)5(8)4-7;1-6(2,3)4-5-7/h6,8-9H,5H2,1-4H3;5,8H,4,7H2,1-3H3;4-5,7H2,1-3H3. The van der Waals surface area contributed by atoms with Crippen molar-refractivity contribution in [2.24, 2.45) is 27.7 Å². The summed E-state index contributed by atoms with van der Waals surface area (Å²) in [6.07, 6.45) is 0.498. The molecule has 0 fully saturated rings. The lowest BCUT2D eigenvalue weighted by Gasteiger charge is -2.25. The minimum Gasteiger partial charge on any atom is -0.391 e. The molecule has 0 aromatic heterocycles. The summed E-state index contributed by atoms with van der Waals surface area (Å²) >= 11 is 0. The largest absolute Gasteiger partial charge is 0.391 e. The summed E-state index contributed by atoms with van der Waals surface area (Å²) in [5, 5.41) is 21.3. The molecule has 0 aliphatic heterocycles. The van der Waals surface area contributed by atoms with Gasteiger partial charge in [0, 0.05) is 13.1 Å². The molecule has 0 aliphatic rings. The Morgan fingerprint density at radius 1 is 0.792 bits per heavy atom. The predicted octanol–water partition coefficient (Wildman–Crippen LogP) is 2.35. The summed E-state index contributed by atoms with van der Waals surface area (Å²) in [5.74, 6) is 0. The number of likely N-dealkylation sites (N-methyl/N-ethyl adjacent to an activating group) is 1. The van der Waals surface area contributed by atoms with Crippen LogP contribution in [0, 0.1) is 16.2 Å². The highest BCUT2D eigenvalue weighted by atomic mass is 16.3. The van der Waals surface area contributed by atoms with Gasteiger partial charge >= 0.3 is 0 Å². The van der Waals surface area contributed by atoms with Gasteiger partial charge in [-0.15, -0.1) is 0 Å². The lowest BCUT2D eigenvalue weighted by atomic mass is 9.89. The van der Waals surface area contributed by atoms with Crippen LogP contribution in [0.1, 0.15) is 68.7 Å². The van der Waals surface area contributed by atoms with Crippen LogP contribution in [0.15, 0.2) is 0 Å². The minimum atomic E-state index is -0.373. The van der Waals surface area contributed by atoms with E-state index >= 15 is 0 Å². The second-order valence-electron chi connectivity index (χ2n) is 9.66. The van der Waals surface area contributed by atoms with E-state index < -0.39 is 0 Å². The molecule has 2 atom stereocenters. The van der Waals surface area contributed by atoms with Crippen molar-refractivity contribution in [3.63, 3.8) is 0 Å². The van der Waals surface area contributed by atoms with E-state index in [0.717, 1.165) is 13.0 Å². The van der Waals surface area contributed by atoms with Crippen molar-refractivity contribution >= 4 is 0 Å². The molecule has 0 aliphatic carbocycles. The summed E-state index contributed by atoms with van der Waals surface area (Å²) in [7, 11) is 1.84. The van der Waals surface area contributed by atoms with E-state index in [1.807, 2.05) is 48.6 Å². The van der Waals surface area contributed by atoms with Gasteiger partial charge in [0.15, 0.2) is 0 Å². The molecule has 7 N–H and O–H groups in total. The van der Waals surface area contributed by atoms with Crippen molar-refractivity contribution in [1.29, 1.82) is 0 Å². The third-order valence-electron chi connectivity index (χ3n) is 3.51. The van der Waals surface area contributed by atoms with Crippen molar-refractivity contribution < 1.29 is 10.2 Å². The second kappa shape index (κ2) is 13.1. The zero-order valence-corrected chi connectivity index (χ0v) is 18.0. The van der Waals surface area contributed by atoms with Crippen LogP contribution in [0.3, 0.4) is 0 Å². The van der Waals surface area contributed by atoms with Crippen LogP contribution in [0.4, 0.5) is 0 Å². The van der Waals surface area contributed by atoms with E-state index in [-0.39, 0.29) is 23.0 Å². The lowest BCUT2D eigenvalue weighted by Crippen LogP contribution is -2.34. The van der Waals surface area contributed by atoms with Gasteiger partial charge in [-0.1, -0.05) is 62.3 Å². The summed E-state index contributed by atoms with van der Waals surface area (Å²) in [5.41, 5.74) is 10.9. The third-order valence-corrected chi connectivity index (χ3v) is 3.51. The van der Waals surface area contributed by atoms with Gasteiger partial charge in [0.25, 0.3) is 0 Å². The first-order valence-corrected chi connectivity index (χ1v) is 8.93. The van der Waals surface area contributed by atoms with Gasteiger partial charge in [0.05, 0.1) is 12.2 Å². The molecule has 0 bridgehead atoms. The summed E-state index contributed by atoms with van der Waals surface area (Å²) < 4.78 is 0. The molecule has 0 heterocycles. The number of aliphatic hydroxyl groups excluding tert-OH is 2. The van der Waals surface area contributed by atoms with Crippen LogP contribution in [0.5, 0.6) is 0 Å². The zero-order chi connectivity index (χ0) is 20.2. The zero-order valence-electron chi connectivity index (χ0n) is 18.0. The Labute approximate surface area is 151 Å². The Morgan fingerprint density at radius 3 is 1.21 bits per heavy atom. The fourth-order valence-corrected chi connectivity index (χ4v) is 1.29. The van der Waals surface area contributed by atoms with Crippen LogP contribution in [-0.4, -0.2) is 49.1 Å². The van der Waals surface area contributed by atoms with Crippen LogP contribution in [-0.2, 0) is 0 Å². The Morgan fingerprint density at radius 2 is 1.17 bits per heavy atom. The average molecular weight is 350 g/mol. The van der Waals surface area contributed by atoms with E-state index in [0.29, 0.717) is 18.5 Å². The molecular weight excluding hydrogens is 302 g/mol. The number of rotatable bonds is 4. The van der Waals surface area contributed by atoms with E-state index in [2.05, 4.69) is 26.1 Å². The smallest absolute Gasteiger partial charge is 0.0712 e. The van der Waals surface area contributed by atoms with Gasteiger partial charge in [-0.3, -0.25) is 0 Å². The number of hydrogen-bond donors (Lipinski definition) is 5. The molecule has 24 heavy (non-hydrogen) atoms. The van der Waals surface area contributed by atoms with Crippen molar-refractivity contribution in [3.8, 4) is 0 Å². The Bertz CT molecular complexity index is 276. The maximum absolute atomic E-state index is 9.32. The second-order valence-corrected chi connectivity index (χ2v) is 9.66. The Kier molecular flexibility index (Phi) is 15.6. The first-order chi connectivity index (χ1) is 10.5. The van der Waals surface area contributed by atoms with Crippen molar-refractivity contribution in [1.82, 2.24) is 5.32 Å². The number of nitrogens with one attached hydrogen (secondary N) is 1. The quantitative estimate of drug-likeness (QED) is 0.536. The van der Waals surface area contributed by atoms with Crippen LogP contribution in [0.25, 0.3) is 0 Å². The highest BCUT2D eigenvalue weighted by molar-refractivity contribution is 4.73. The predicted molar refractivity (Wildman–Crippen MR) is 107 cm³/mol. The van der Waals surface area contributed by atoms with E-state index in [9.17, 15) is 5.11 Å². The van der Waals surface area contributed by atoms with Crippen LogP contribution < -0.4 is 16.8 Å². The molecule has 0 rings (SSSR count). The maximum atomic E-state index is 9.32. The molecule has 0 saturated heterocycles. The molecule has 0 aromatic rings. The molecule has 5 nitrogen and oxygen atoms in total. The van der Waals surface area contributed by atoms with Crippen molar-refractivity contribution in [2.75, 3.05) is 26.7 Å². The van der Waals surface area contributed by atoms with Gasteiger partial charge < -0.3 is 27.0 Å².